The average Bonchev–Trinajstić information content (AvgIpc) is 2.68. The molecular weight excluding hydrogens is 392 g/mol. The van der Waals surface area contributed by atoms with Crippen LogP contribution in [-0.4, -0.2) is 17.4 Å². The first-order chi connectivity index (χ1) is 14.3. The average molecular weight is 419 g/mol. The topological polar surface area (TPSA) is 33.2 Å². The summed E-state index contributed by atoms with van der Waals surface area (Å²) in [6, 6.07) is 14.4. The van der Waals surface area contributed by atoms with Crippen molar-refractivity contribution < 1.29 is 4.79 Å². The van der Waals surface area contributed by atoms with E-state index in [0.29, 0.717) is 29.5 Å². The van der Waals surface area contributed by atoms with Crippen molar-refractivity contribution in [3.63, 3.8) is 0 Å². The quantitative estimate of drug-likeness (QED) is 0.476. The number of anilines is 1. The number of amides is 1. The second kappa shape index (κ2) is 7.88. The molecule has 0 bridgehead atoms. The summed E-state index contributed by atoms with van der Waals surface area (Å²) < 4.78 is 0. The molecule has 0 saturated carbocycles. The molecule has 1 amide bonds. The minimum Gasteiger partial charge on any atom is -0.308 e. The number of halogens is 1. The smallest absolute Gasteiger partial charge is 0.261 e. The highest BCUT2D eigenvalue weighted by Crippen LogP contribution is 2.35. The van der Waals surface area contributed by atoms with Crippen LogP contribution in [0.5, 0.6) is 0 Å². The zero-order valence-corrected chi connectivity index (χ0v) is 19.0. The Labute approximate surface area is 183 Å². The maximum atomic E-state index is 13.5. The molecule has 154 valence electrons. The molecule has 0 saturated heterocycles. The molecule has 2 heterocycles. The van der Waals surface area contributed by atoms with Crippen LogP contribution >= 0.6 is 11.6 Å². The summed E-state index contributed by atoms with van der Waals surface area (Å²) in [4.78, 5) is 20.2. The molecule has 3 nitrogen and oxygen atoms in total. The van der Waals surface area contributed by atoms with Gasteiger partial charge in [0.2, 0.25) is 0 Å². The van der Waals surface area contributed by atoms with E-state index in [0.717, 1.165) is 39.3 Å². The predicted molar refractivity (Wildman–Crippen MR) is 125 cm³/mol. The zero-order chi connectivity index (χ0) is 21.6. The number of fused-ring (bicyclic) bond motifs is 1. The molecule has 0 atom stereocenters. The van der Waals surface area contributed by atoms with Crippen LogP contribution in [0.1, 0.15) is 58.1 Å². The SMILES string of the molecule is Cc1ccc(C(C)C)cc1N1CCc2nc(-c3c(C)cccc3C)cc(Cl)c2C1=O. The van der Waals surface area contributed by atoms with Gasteiger partial charge in [0.05, 0.1) is 22.0 Å². The van der Waals surface area contributed by atoms with Crippen molar-refractivity contribution in [2.75, 3.05) is 11.4 Å². The highest BCUT2D eigenvalue weighted by Gasteiger charge is 2.30. The van der Waals surface area contributed by atoms with E-state index in [4.69, 9.17) is 16.6 Å². The lowest BCUT2D eigenvalue weighted by molar-refractivity contribution is 0.0980. The van der Waals surface area contributed by atoms with Gasteiger partial charge in [0.25, 0.3) is 5.91 Å². The summed E-state index contributed by atoms with van der Waals surface area (Å²) in [6.07, 6.45) is 0.685. The third-order valence-electron chi connectivity index (χ3n) is 6.01. The Balaban J connectivity index is 1.78. The van der Waals surface area contributed by atoms with Gasteiger partial charge in [-0.15, -0.1) is 0 Å². The molecule has 0 fully saturated rings. The maximum absolute atomic E-state index is 13.5. The predicted octanol–water partition coefficient (Wildman–Crippen LogP) is 6.65. The third kappa shape index (κ3) is 3.52. The molecule has 30 heavy (non-hydrogen) atoms. The molecule has 0 spiro atoms. The Hall–Kier alpha value is -2.65. The number of hydrogen-bond donors (Lipinski definition) is 0. The van der Waals surface area contributed by atoms with Crippen molar-refractivity contribution in [3.8, 4) is 11.3 Å². The summed E-state index contributed by atoms with van der Waals surface area (Å²) in [6.45, 7) is 11.1. The van der Waals surface area contributed by atoms with E-state index in [-0.39, 0.29) is 5.91 Å². The molecule has 0 N–H and O–H groups in total. The fraction of sp³-hybridized carbons (Fsp3) is 0.308. The highest BCUT2D eigenvalue weighted by atomic mass is 35.5. The van der Waals surface area contributed by atoms with Crippen LogP contribution in [-0.2, 0) is 6.42 Å². The van der Waals surface area contributed by atoms with E-state index >= 15 is 0 Å². The fourth-order valence-electron chi connectivity index (χ4n) is 4.28. The number of carbonyl (C=O) groups excluding carboxylic acids is 1. The molecule has 0 unspecified atom stereocenters. The van der Waals surface area contributed by atoms with Gasteiger partial charge in [-0.1, -0.05) is 55.8 Å². The van der Waals surface area contributed by atoms with E-state index in [1.54, 1.807) is 0 Å². The van der Waals surface area contributed by atoms with Crippen LogP contribution in [0.3, 0.4) is 0 Å². The lowest BCUT2D eigenvalue weighted by Gasteiger charge is -2.31. The lowest BCUT2D eigenvalue weighted by Crippen LogP contribution is -2.39. The van der Waals surface area contributed by atoms with Gasteiger partial charge >= 0.3 is 0 Å². The molecule has 1 aromatic heterocycles. The zero-order valence-electron chi connectivity index (χ0n) is 18.2. The van der Waals surface area contributed by atoms with Gasteiger partial charge in [-0.25, -0.2) is 0 Å². The van der Waals surface area contributed by atoms with Crippen LogP contribution in [0.15, 0.2) is 42.5 Å². The molecule has 4 heteroatoms. The second-order valence-electron chi connectivity index (χ2n) is 8.49. The van der Waals surface area contributed by atoms with E-state index in [9.17, 15) is 4.79 Å². The number of pyridine rings is 1. The molecule has 0 radical (unpaired) electrons. The summed E-state index contributed by atoms with van der Waals surface area (Å²) >= 11 is 6.68. The second-order valence-corrected chi connectivity index (χ2v) is 8.89. The number of benzene rings is 2. The van der Waals surface area contributed by atoms with Gasteiger partial charge in [-0.3, -0.25) is 9.78 Å². The summed E-state index contributed by atoms with van der Waals surface area (Å²) in [7, 11) is 0. The summed E-state index contributed by atoms with van der Waals surface area (Å²) in [5.74, 6) is 0.340. The first-order valence-corrected chi connectivity index (χ1v) is 10.8. The van der Waals surface area contributed by atoms with E-state index in [1.807, 2.05) is 24.0 Å². The highest BCUT2D eigenvalue weighted by molar-refractivity contribution is 6.35. The number of carbonyl (C=O) groups is 1. The molecule has 4 rings (SSSR count). The van der Waals surface area contributed by atoms with Gasteiger partial charge in [-0.2, -0.15) is 0 Å². The van der Waals surface area contributed by atoms with Crippen LogP contribution in [0.2, 0.25) is 5.02 Å². The standard InChI is InChI=1S/C26H27ClN2O/c1-15(2)19-10-9-16(3)23(13-19)29-12-11-21-25(26(29)30)20(27)14-22(28-21)24-17(4)7-6-8-18(24)5/h6-10,13-15H,11-12H2,1-5H3. The Morgan fingerprint density at radius 1 is 0.967 bits per heavy atom. The van der Waals surface area contributed by atoms with Crippen LogP contribution in [0.25, 0.3) is 11.3 Å². The van der Waals surface area contributed by atoms with Crippen molar-refractivity contribution in [2.24, 2.45) is 0 Å². The minimum absolute atomic E-state index is 0.0641. The van der Waals surface area contributed by atoms with Crippen molar-refractivity contribution in [3.05, 3.63) is 81.0 Å². The van der Waals surface area contributed by atoms with Gasteiger partial charge in [0, 0.05) is 24.2 Å². The summed E-state index contributed by atoms with van der Waals surface area (Å²) in [5.41, 5.74) is 8.85. The number of aromatic nitrogens is 1. The lowest BCUT2D eigenvalue weighted by atomic mass is 9.96. The number of nitrogens with zero attached hydrogens (tertiary/aromatic N) is 2. The summed E-state index contributed by atoms with van der Waals surface area (Å²) in [5, 5.41) is 0.477. The molecule has 1 aliphatic rings. The van der Waals surface area contributed by atoms with Crippen molar-refractivity contribution in [1.82, 2.24) is 4.98 Å². The normalized spacial score (nSPS) is 13.7. The molecule has 3 aromatic rings. The number of rotatable bonds is 3. The van der Waals surface area contributed by atoms with Crippen molar-refractivity contribution >= 4 is 23.2 Å². The molecule has 2 aromatic carbocycles. The van der Waals surface area contributed by atoms with E-state index < -0.39 is 0 Å². The van der Waals surface area contributed by atoms with Crippen LogP contribution in [0.4, 0.5) is 5.69 Å². The van der Waals surface area contributed by atoms with Gasteiger partial charge in [0.1, 0.15) is 0 Å². The van der Waals surface area contributed by atoms with E-state index in [2.05, 4.69) is 58.0 Å². The fourth-order valence-corrected chi connectivity index (χ4v) is 4.57. The molecule has 1 aliphatic heterocycles. The van der Waals surface area contributed by atoms with Gasteiger partial charge < -0.3 is 4.90 Å². The molecule has 0 aliphatic carbocycles. The first kappa shape index (κ1) is 20.6. The Morgan fingerprint density at radius 2 is 1.67 bits per heavy atom. The van der Waals surface area contributed by atoms with Gasteiger partial charge in [-0.05, 0) is 61.1 Å². The Bertz CT molecular complexity index is 1130. The van der Waals surface area contributed by atoms with E-state index in [1.165, 1.54) is 5.56 Å². The Kier molecular flexibility index (Phi) is 5.42. The van der Waals surface area contributed by atoms with Crippen LogP contribution in [0, 0.1) is 20.8 Å². The number of aryl methyl sites for hydroxylation is 3. The maximum Gasteiger partial charge on any atom is 0.261 e. The Morgan fingerprint density at radius 3 is 2.33 bits per heavy atom. The van der Waals surface area contributed by atoms with Crippen molar-refractivity contribution in [2.45, 2.75) is 47.0 Å². The number of hydrogen-bond acceptors (Lipinski definition) is 2. The minimum atomic E-state index is -0.0641. The monoisotopic (exact) mass is 418 g/mol. The third-order valence-corrected chi connectivity index (χ3v) is 6.30. The van der Waals surface area contributed by atoms with Gasteiger partial charge in [0.15, 0.2) is 0 Å². The first-order valence-electron chi connectivity index (χ1n) is 10.5. The van der Waals surface area contributed by atoms with Crippen molar-refractivity contribution in [1.29, 1.82) is 0 Å². The molecular formula is C26H27ClN2O. The van der Waals surface area contributed by atoms with Crippen LogP contribution < -0.4 is 4.90 Å². The largest absolute Gasteiger partial charge is 0.308 e.